The SMILES string of the molecule is O=C(CNC(=O)[C@@H]1CCCN1)N[C@@H](Cc1cnc[nH]1)C(=O)O. The van der Waals surface area contributed by atoms with E-state index in [9.17, 15) is 14.4 Å². The molecule has 5 N–H and O–H groups in total. The first kappa shape index (κ1) is 16.0. The van der Waals surface area contributed by atoms with Gasteiger partial charge in [-0.05, 0) is 19.4 Å². The Hall–Kier alpha value is -2.42. The Morgan fingerprint density at radius 3 is 2.86 bits per heavy atom. The Morgan fingerprint density at radius 2 is 2.27 bits per heavy atom. The van der Waals surface area contributed by atoms with Gasteiger partial charge < -0.3 is 26.0 Å². The fourth-order valence-electron chi connectivity index (χ4n) is 2.26. The number of nitrogens with one attached hydrogen (secondary N) is 4. The zero-order chi connectivity index (χ0) is 15.9. The summed E-state index contributed by atoms with van der Waals surface area (Å²) in [6.45, 7) is 0.541. The molecule has 9 heteroatoms. The van der Waals surface area contributed by atoms with Gasteiger partial charge >= 0.3 is 5.97 Å². The molecular weight excluding hydrogens is 290 g/mol. The van der Waals surface area contributed by atoms with Crippen molar-refractivity contribution < 1.29 is 19.5 Å². The molecule has 2 rings (SSSR count). The number of carboxylic acid groups (broad SMARTS) is 1. The number of carbonyl (C=O) groups is 3. The van der Waals surface area contributed by atoms with Crippen molar-refractivity contribution in [1.29, 1.82) is 0 Å². The van der Waals surface area contributed by atoms with E-state index in [2.05, 4.69) is 25.9 Å². The van der Waals surface area contributed by atoms with Crippen LogP contribution in [0.5, 0.6) is 0 Å². The summed E-state index contributed by atoms with van der Waals surface area (Å²) in [6.07, 6.45) is 4.69. The van der Waals surface area contributed by atoms with Crippen molar-refractivity contribution in [2.75, 3.05) is 13.1 Å². The lowest BCUT2D eigenvalue weighted by molar-refractivity contribution is -0.141. The molecular formula is C13H19N5O4. The van der Waals surface area contributed by atoms with Crippen LogP contribution in [0.4, 0.5) is 0 Å². The highest BCUT2D eigenvalue weighted by Gasteiger charge is 2.24. The summed E-state index contributed by atoms with van der Waals surface area (Å²) in [6, 6.07) is -1.34. The normalized spacial score (nSPS) is 18.6. The highest BCUT2D eigenvalue weighted by molar-refractivity contribution is 5.89. The third kappa shape index (κ3) is 4.55. The number of hydrogen-bond acceptors (Lipinski definition) is 5. The summed E-state index contributed by atoms with van der Waals surface area (Å²) < 4.78 is 0. The summed E-state index contributed by atoms with van der Waals surface area (Å²) in [5.74, 6) is -1.93. The molecule has 9 nitrogen and oxygen atoms in total. The third-order valence-electron chi connectivity index (χ3n) is 3.41. The number of aromatic nitrogens is 2. The highest BCUT2D eigenvalue weighted by atomic mass is 16.4. The van der Waals surface area contributed by atoms with Gasteiger partial charge in [0.1, 0.15) is 6.04 Å². The standard InChI is InChI=1S/C13H19N5O4/c19-11(6-16-12(20)9-2-1-3-15-9)18-10(13(21)22)4-8-5-14-7-17-8/h5,7,9-10,15H,1-4,6H2,(H,14,17)(H,16,20)(H,18,19)(H,21,22)/t9-,10-/m0/s1. The molecule has 22 heavy (non-hydrogen) atoms. The van der Waals surface area contributed by atoms with Crippen LogP contribution in [0, 0.1) is 0 Å². The van der Waals surface area contributed by atoms with Gasteiger partial charge in [-0.1, -0.05) is 0 Å². The molecule has 0 bridgehead atoms. The minimum Gasteiger partial charge on any atom is -0.480 e. The number of carbonyl (C=O) groups excluding carboxylic acids is 2. The fraction of sp³-hybridized carbons (Fsp3) is 0.538. The van der Waals surface area contributed by atoms with Crippen molar-refractivity contribution >= 4 is 17.8 Å². The van der Waals surface area contributed by atoms with Gasteiger partial charge in [-0.2, -0.15) is 0 Å². The van der Waals surface area contributed by atoms with Crippen molar-refractivity contribution in [2.45, 2.75) is 31.3 Å². The Bertz CT molecular complexity index is 525. The van der Waals surface area contributed by atoms with E-state index in [1.54, 1.807) is 0 Å². The maximum Gasteiger partial charge on any atom is 0.326 e. The molecule has 0 spiro atoms. The van der Waals surface area contributed by atoms with E-state index in [0.717, 1.165) is 19.4 Å². The van der Waals surface area contributed by atoms with E-state index < -0.39 is 17.9 Å². The molecule has 0 radical (unpaired) electrons. The van der Waals surface area contributed by atoms with Crippen LogP contribution in [0.3, 0.4) is 0 Å². The van der Waals surface area contributed by atoms with Crippen LogP contribution >= 0.6 is 0 Å². The Morgan fingerprint density at radius 1 is 1.45 bits per heavy atom. The molecule has 0 aliphatic carbocycles. The molecule has 0 saturated carbocycles. The minimum absolute atomic E-state index is 0.0964. The van der Waals surface area contributed by atoms with Crippen LogP contribution in [0.2, 0.25) is 0 Å². The fourth-order valence-corrected chi connectivity index (χ4v) is 2.26. The van der Waals surface area contributed by atoms with E-state index in [0.29, 0.717) is 5.69 Å². The van der Waals surface area contributed by atoms with Gasteiger partial charge in [-0.3, -0.25) is 9.59 Å². The summed E-state index contributed by atoms with van der Waals surface area (Å²) in [7, 11) is 0. The van der Waals surface area contributed by atoms with Crippen molar-refractivity contribution in [2.24, 2.45) is 0 Å². The lowest BCUT2D eigenvalue weighted by Gasteiger charge is -2.15. The largest absolute Gasteiger partial charge is 0.480 e. The van der Waals surface area contributed by atoms with Crippen LogP contribution in [0.25, 0.3) is 0 Å². The number of hydrogen-bond donors (Lipinski definition) is 5. The number of H-pyrrole nitrogens is 1. The summed E-state index contributed by atoms with van der Waals surface area (Å²) in [4.78, 5) is 41.2. The van der Waals surface area contributed by atoms with Gasteiger partial charge in [0.25, 0.3) is 0 Å². The lowest BCUT2D eigenvalue weighted by atomic mass is 10.1. The predicted molar refractivity (Wildman–Crippen MR) is 75.9 cm³/mol. The molecule has 1 aromatic heterocycles. The Balaban J connectivity index is 1.78. The number of aromatic amines is 1. The zero-order valence-corrected chi connectivity index (χ0v) is 12.0. The molecule has 1 fully saturated rings. The van der Waals surface area contributed by atoms with Crippen LogP contribution in [-0.4, -0.2) is 58.0 Å². The zero-order valence-electron chi connectivity index (χ0n) is 12.0. The van der Waals surface area contributed by atoms with E-state index in [-0.39, 0.29) is 24.9 Å². The number of nitrogens with zero attached hydrogens (tertiary/aromatic N) is 1. The third-order valence-corrected chi connectivity index (χ3v) is 3.41. The van der Waals surface area contributed by atoms with E-state index in [1.807, 2.05) is 0 Å². The molecule has 120 valence electrons. The van der Waals surface area contributed by atoms with Crippen molar-refractivity contribution in [3.63, 3.8) is 0 Å². The predicted octanol–water partition coefficient (Wildman–Crippen LogP) is -1.61. The smallest absolute Gasteiger partial charge is 0.326 e. The van der Waals surface area contributed by atoms with E-state index >= 15 is 0 Å². The van der Waals surface area contributed by atoms with Crippen LogP contribution in [-0.2, 0) is 20.8 Å². The molecule has 2 atom stereocenters. The first-order chi connectivity index (χ1) is 10.6. The average molecular weight is 309 g/mol. The first-order valence-corrected chi connectivity index (χ1v) is 7.07. The molecule has 1 saturated heterocycles. The molecule has 1 aliphatic heterocycles. The molecule has 1 aromatic rings. The van der Waals surface area contributed by atoms with Gasteiger partial charge in [0.2, 0.25) is 11.8 Å². The van der Waals surface area contributed by atoms with Crippen LogP contribution in [0.1, 0.15) is 18.5 Å². The number of aliphatic carboxylic acids is 1. The summed E-state index contributed by atoms with van der Waals surface area (Å²) >= 11 is 0. The number of rotatable bonds is 7. The number of carboxylic acids is 1. The van der Waals surface area contributed by atoms with Crippen molar-refractivity contribution in [1.82, 2.24) is 25.9 Å². The highest BCUT2D eigenvalue weighted by Crippen LogP contribution is 2.04. The Kier molecular flexibility index (Phi) is 5.48. The second kappa shape index (κ2) is 7.55. The first-order valence-electron chi connectivity index (χ1n) is 7.07. The molecule has 0 unspecified atom stereocenters. The van der Waals surface area contributed by atoms with E-state index in [1.165, 1.54) is 12.5 Å². The maximum atomic E-state index is 11.8. The molecule has 0 aromatic carbocycles. The second-order valence-electron chi connectivity index (χ2n) is 5.11. The molecule has 1 aliphatic rings. The summed E-state index contributed by atoms with van der Waals surface area (Å²) in [5.41, 5.74) is 0.604. The van der Waals surface area contributed by atoms with Crippen LogP contribution < -0.4 is 16.0 Å². The maximum absolute atomic E-state index is 11.8. The van der Waals surface area contributed by atoms with Gasteiger partial charge in [-0.25, -0.2) is 9.78 Å². The van der Waals surface area contributed by atoms with Crippen molar-refractivity contribution in [3.05, 3.63) is 18.2 Å². The van der Waals surface area contributed by atoms with Gasteiger partial charge in [0.05, 0.1) is 18.9 Å². The van der Waals surface area contributed by atoms with Gasteiger partial charge in [-0.15, -0.1) is 0 Å². The quantitative estimate of drug-likeness (QED) is 0.411. The van der Waals surface area contributed by atoms with Crippen molar-refractivity contribution in [3.8, 4) is 0 Å². The average Bonchev–Trinajstić information content (AvgIpc) is 3.16. The minimum atomic E-state index is -1.15. The second-order valence-corrected chi connectivity index (χ2v) is 5.11. The topological polar surface area (TPSA) is 136 Å². The van der Waals surface area contributed by atoms with Gasteiger partial charge in [0, 0.05) is 18.3 Å². The lowest BCUT2D eigenvalue weighted by Crippen LogP contribution is -2.49. The molecule has 2 amide bonds. The summed E-state index contributed by atoms with van der Waals surface area (Å²) in [5, 5.41) is 17.0. The van der Waals surface area contributed by atoms with Crippen LogP contribution in [0.15, 0.2) is 12.5 Å². The van der Waals surface area contributed by atoms with Gasteiger partial charge in [0.15, 0.2) is 0 Å². The number of imidazole rings is 1. The monoisotopic (exact) mass is 309 g/mol. The molecule has 2 heterocycles. The Labute approximate surface area is 126 Å². The van der Waals surface area contributed by atoms with E-state index in [4.69, 9.17) is 5.11 Å². The number of amides is 2.